The van der Waals surface area contributed by atoms with Crippen LogP contribution >= 0.6 is 0 Å². The Balaban J connectivity index is 1.49. The van der Waals surface area contributed by atoms with E-state index < -0.39 is 72.0 Å². The number of hydrogen-bond donors (Lipinski definition) is 6. The van der Waals surface area contributed by atoms with Gasteiger partial charge in [-0.1, -0.05) is 75.1 Å². The van der Waals surface area contributed by atoms with Crippen molar-refractivity contribution in [3.8, 4) is 5.75 Å². The van der Waals surface area contributed by atoms with Crippen molar-refractivity contribution in [1.29, 1.82) is 0 Å². The van der Waals surface area contributed by atoms with E-state index in [0.717, 1.165) is 50.5 Å². The van der Waals surface area contributed by atoms with Gasteiger partial charge in [0.2, 0.25) is 23.6 Å². The fourth-order valence-electron chi connectivity index (χ4n) is 7.19. The predicted molar refractivity (Wildman–Crippen MR) is 214 cm³/mol. The molecule has 1 fully saturated rings. The maximum Gasteiger partial charge on any atom is 0.333 e. The average Bonchev–Trinajstić information content (AvgIpc) is 3.18. The number of esters is 1. The summed E-state index contributed by atoms with van der Waals surface area (Å²) in [4.78, 5) is 80.6. The Morgan fingerprint density at radius 3 is 2.33 bits per heavy atom. The molecular weight excluding hydrogens is 730 g/mol. The second kappa shape index (κ2) is 22.1. The number of amides is 5. The first-order valence-electron chi connectivity index (χ1n) is 20.4. The van der Waals surface area contributed by atoms with Gasteiger partial charge in [-0.05, 0) is 88.5 Å². The highest BCUT2D eigenvalue weighted by atomic mass is 16.6. The molecule has 0 saturated heterocycles. The second-order valence-electron chi connectivity index (χ2n) is 16.0. The molecule has 2 aromatic rings. The van der Waals surface area contributed by atoms with Gasteiger partial charge >= 0.3 is 5.97 Å². The first-order valence-corrected chi connectivity index (χ1v) is 20.4. The molecule has 2 aromatic carbocycles. The van der Waals surface area contributed by atoms with E-state index in [4.69, 9.17) is 9.47 Å². The lowest BCUT2D eigenvalue weighted by molar-refractivity contribution is -0.158. The van der Waals surface area contributed by atoms with Crippen LogP contribution in [0.5, 0.6) is 5.75 Å². The zero-order valence-corrected chi connectivity index (χ0v) is 33.8. The fraction of sp³-hybridized carbons (Fsp3) is 0.581. The van der Waals surface area contributed by atoms with E-state index in [0.29, 0.717) is 30.8 Å². The van der Waals surface area contributed by atoms with Gasteiger partial charge in [-0.2, -0.15) is 0 Å². The van der Waals surface area contributed by atoms with Crippen molar-refractivity contribution in [3.63, 3.8) is 0 Å². The largest absolute Gasteiger partial charge is 0.494 e. The van der Waals surface area contributed by atoms with E-state index in [1.807, 2.05) is 31.2 Å². The van der Waals surface area contributed by atoms with Crippen LogP contribution in [-0.4, -0.2) is 83.6 Å². The van der Waals surface area contributed by atoms with Crippen LogP contribution in [0.2, 0.25) is 0 Å². The van der Waals surface area contributed by atoms with Crippen LogP contribution < -0.4 is 31.3 Å². The molecule has 0 spiro atoms. The molecule has 1 saturated carbocycles. The van der Waals surface area contributed by atoms with E-state index in [-0.39, 0.29) is 31.1 Å². The van der Waals surface area contributed by atoms with Crippen LogP contribution in [0.4, 0.5) is 0 Å². The highest BCUT2D eigenvalue weighted by Gasteiger charge is 2.36. The molecule has 5 unspecified atom stereocenters. The summed E-state index contributed by atoms with van der Waals surface area (Å²) in [7, 11) is 0. The Morgan fingerprint density at radius 1 is 0.912 bits per heavy atom. The number of fused-ring (bicyclic) bond motifs is 2. The van der Waals surface area contributed by atoms with Crippen LogP contribution in [0.15, 0.2) is 54.6 Å². The third kappa shape index (κ3) is 14.8. The number of carbonyl (C=O) groups excluding carboxylic acids is 6. The SMILES string of the molecule is CCCC(NC(=O)C1Cc2cccc(c2)OCCCCCC(=O)NC(C2CCCCC2)C(=O)N1)C(O)C(=O)NCC(=O)NC(C(=O)OC(C)(C)C)c1ccccc1. The van der Waals surface area contributed by atoms with Crippen molar-refractivity contribution in [2.75, 3.05) is 13.2 Å². The summed E-state index contributed by atoms with van der Waals surface area (Å²) >= 11 is 0. The van der Waals surface area contributed by atoms with Crippen LogP contribution in [0.1, 0.15) is 115 Å². The van der Waals surface area contributed by atoms with E-state index in [2.05, 4.69) is 26.6 Å². The number of nitrogens with one attached hydrogen (secondary N) is 5. The molecular formula is C43H61N5O9. The molecule has 312 valence electrons. The molecule has 6 N–H and O–H groups in total. The molecule has 5 amide bonds. The van der Waals surface area contributed by atoms with Crippen LogP contribution in [0.3, 0.4) is 0 Å². The summed E-state index contributed by atoms with van der Waals surface area (Å²) in [6, 6.07) is 11.6. The fourth-order valence-corrected chi connectivity index (χ4v) is 7.19. The quantitative estimate of drug-likeness (QED) is 0.174. The number of rotatable bonds is 12. The summed E-state index contributed by atoms with van der Waals surface area (Å²) in [6.07, 6.45) is 5.98. The Labute approximate surface area is 336 Å². The topological polar surface area (TPSA) is 201 Å². The molecule has 4 rings (SSSR count). The van der Waals surface area contributed by atoms with Crippen LogP contribution in [0, 0.1) is 5.92 Å². The Bertz CT molecular complexity index is 1660. The minimum atomic E-state index is -1.76. The normalized spacial score (nSPS) is 20.3. The lowest BCUT2D eigenvalue weighted by Crippen LogP contribution is -2.59. The van der Waals surface area contributed by atoms with Crippen molar-refractivity contribution in [2.24, 2.45) is 5.92 Å². The van der Waals surface area contributed by atoms with E-state index in [1.165, 1.54) is 0 Å². The smallest absolute Gasteiger partial charge is 0.333 e. The molecule has 5 atom stereocenters. The Hall–Kier alpha value is -4.98. The van der Waals surface area contributed by atoms with Gasteiger partial charge in [0, 0.05) is 12.8 Å². The molecule has 0 radical (unpaired) electrons. The van der Waals surface area contributed by atoms with Gasteiger partial charge in [0.05, 0.1) is 19.2 Å². The molecule has 2 bridgehead atoms. The Morgan fingerprint density at radius 2 is 1.63 bits per heavy atom. The molecule has 14 nitrogen and oxygen atoms in total. The Kier molecular flexibility index (Phi) is 17.3. The average molecular weight is 792 g/mol. The van der Waals surface area contributed by atoms with Crippen LogP contribution in [0.25, 0.3) is 0 Å². The summed E-state index contributed by atoms with van der Waals surface area (Å²) in [5.41, 5.74) is 0.389. The molecule has 0 aromatic heterocycles. The van der Waals surface area contributed by atoms with Crippen molar-refractivity contribution in [3.05, 3.63) is 65.7 Å². The number of ether oxygens (including phenoxy) is 2. The van der Waals surface area contributed by atoms with Crippen molar-refractivity contribution in [1.82, 2.24) is 26.6 Å². The number of aliphatic hydroxyl groups excluding tert-OH is 1. The summed E-state index contributed by atoms with van der Waals surface area (Å²) in [5, 5.41) is 24.9. The summed E-state index contributed by atoms with van der Waals surface area (Å²) in [5.74, 6) is -3.07. The third-order valence-corrected chi connectivity index (χ3v) is 10.1. The van der Waals surface area contributed by atoms with E-state index in [1.54, 1.807) is 51.1 Å². The van der Waals surface area contributed by atoms with Gasteiger partial charge in [-0.3, -0.25) is 24.0 Å². The lowest BCUT2D eigenvalue weighted by atomic mass is 9.83. The summed E-state index contributed by atoms with van der Waals surface area (Å²) < 4.78 is 11.5. The van der Waals surface area contributed by atoms with Gasteiger partial charge in [0.1, 0.15) is 23.4 Å². The molecule has 1 aliphatic carbocycles. The first kappa shape index (κ1) is 44.7. The first-order chi connectivity index (χ1) is 27.2. The molecule has 2 aliphatic rings. The zero-order chi connectivity index (χ0) is 41.4. The molecule has 1 heterocycles. The van der Waals surface area contributed by atoms with E-state index in [9.17, 15) is 33.9 Å². The third-order valence-electron chi connectivity index (χ3n) is 10.1. The monoisotopic (exact) mass is 791 g/mol. The minimum Gasteiger partial charge on any atom is -0.494 e. The van der Waals surface area contributed by atoms with Crippen LogP contribution in [-0.2, 0) is 39.9 Å². The van der Waals surface area contributed by atoms with Crippen molar-refractivity contribution in [2.45, 2.75) is 141 Å². The maximum atomic E-state index is 14.1. The highest BCUT2D eigenvalue weighted by Crippen LogP contribution is 2.27. The highest BCUT2D eigenvalue weighted by molar-refractivity contribution is 5.93. The second-order valence-corrected chi connectivity index (χ2v) is 16.0. The zero-order valence-electron chi connectivity index (χ0n) is 33.8. The standard InChI is InChI=1S/C43H61N5O9/c1-5-16-32(38(51)41(54)44-27-35(50)48-37(30-20-11-7-12-21-30)42(55)57-43(2,3)4)45-39(52)33-26-28-17-15-22-31(25-28)56-24-14-8-13-23-34(49)47-36(40(53)46-33)29-18-9-6-10-19-29/h7,11-12,15,17,20-22,25,29,32-33,36-38,51H,5-6,8-10,13-14,16,18-19,23-24,26-27H2,1-4H3,(H,44,54)(H,45,52)(H,46,53)(H,47,49)(H,48,50). The molecule has 1 aliphatic heterocycles. The molecule has 14 heteroatoms. The predicted octanol–water partition coefficient (Wildman–Crippen LogP) is 3.69. The van der Waals surface area contributed by atoms with Gasteiger partial charge in [-0.25, -0.2) is 4.79 Å². The van der Waals surface area contributed by atoms with Gasteiger partial charge in [-0.15, -0.1) is 0 Å². The van der Waals surface area contributed by atoms with Crippen molar-refractivity contribution < 1.29 is 43.3 Å². The van der Waals surface area contributed by atoms with Gasteiger partial charge < -0.3 is 41.2 Å². The van der Waals surface area contributed by atoms with Gasteiger partial charge in [0.15, 0.2) is 12.1 Å². The van der Waals surface area contributed by atoms with E-state index >= 15 is 0 Å². The summed E-state index contributed by atoms with van der Waals surface area (Å²) in [6.45, 7) is 6.86. The lowest BCUT2D eigenvalue weighted by Gasteiger charge is -2.32. The number of benzene rings is 2. The number of carbonyl (C=O) groups is 6. The number of aliphatic hydroxyl groups is 1. The number of hydrogen-bond acceptors (Lipinski definition) is 9. The van der Waals surface area contributed by atoms with Gasteiger partial charge in [0.25, 0.3) is 5.91 Å². The maximum absolute atomic E-state index is 14.1. The minimum absolute atomic E-state index is 0.0711. The van der Waals surface area contributed by atoms with Crippen molar-refractivity contribution >= 4 is 35.5 Å². The molecule has 57 heavy (non-hydrogen) atoms.